The molecule has 1 aliphatic rings. The molecule has 56 valence electrons. The zero-order valence-electron chi connectivity index (χ0n) is 5.63. The van der Waals surface area contributed by atoms with Crippen LogP contribution in [0, 0.1) is 0 Å². The van der Waals surface area contributed by atoms with Crippen LogP contribution in [0.15, 0.2) is 18.2 Å². The number of hydrazine groups is 1. The molecular formula is C7H6N2O2. The van der Waals surface area contributed by atoms with Crippen LogP contribution in [-0.2, 0) is 0 Å². The first-order valence-corrected chi connectivity index (χ1v) is 3.17. The second-order valence-electron chi connectivity index (χ2n) is 2.20. The number of aldehydes is 1. The molecule has 0 radical (unpaired) electrons. The maximum absolute atomic E-state index is 10.3. The average Bonchev–Trinajstić information content (AvgIpc) is 2.50. The SMILES string of the molecule is O=Cc1ccc2c(c1)NNO2. The summed E-state index contributed by atoms with van der Waals surface area (Å²) < 4.78 is 0. The van der Waals surface area contributed by atoms with Gasteiger partial charge in [0.2, 0.25) is 0 Å². The van der Waals surface area contributed by atoms with Crippen LogP contribution in [0.4, 0.5) is 5.69 Å². The van der Waals surface area contributed by atoms with E-state index in [2.05, 4.69) is 11.0 Å². The van der Waals surface area contributed by atoms with Gasteiger partial charge in [0, 0.05) is 5.56 Å². The Kier molecular flexibility index (Phi) is 1.26. The van der Waals surface area contributed by atoms with Gasteiger partial charge >= 0.3 is 0 Å². The fourth-order valence-corrected chi connectivity index (χ4v) is 0.943. The van der Waals surface area contributed by atoms with Crippen molar-refractivity contribution in [3.63, 3.8) is 0 Å². The van der Waals surface area contributed by atoms with Gasteiger partial charge < -0.3 is 4.84 Å². The van der Waals surface area contributed by atoms with Gasteiger partial charge in [-0.15, -0.1) is 0 Å². The second-order valence-corrected chi connectivity index (χ2v) is 2.20. The predicted molar refractivity (Wildman–Crippen MR) is 39.2 cm³/mol. The highest BCUT2D eigenvalue weighted by molar-refractivity contribution is 5.78. The van der Waals surface area contributed by atoms with Gasteiger partial charge in [0.1, 0.15) is 6.29 Å². The molecular weight excluding hydrogens is 144 g/mol. The third kappa shape index (κ3) is 0.929. The lowest BCUT2D eigenvalue weighted by Gasteiger charge is -1.93. The third-order valence-electron chi connectivity index (χ3n) is 1.49. The van der Waals surface area contributed by atoms with Gasteiger partial charge in [-0.1, -0.05) is 5.59 Å². The molecule has 2 rings (SSSR count). The summed E-state index contributed by atoms with van der Waals surface area (Å²) in [5.74, 6) is 0.704. The fraction of sp³-hybridized carbons (Fsp3) is 0. The number of benzene rings is 1. The van der Waals surface area contributed by atoms with Gasteiger partial charge in [0.25, 0.3) is 0 Å². The number of hydrogen-bond donors (Lipinski definition) is 2. The minimum Gasteiger partial charge on any atom is -0.387 e. The van der Waals surface area contributed by atoms with Gasteiger partial charge in [-0.3, -0.25) is 10.2 Å². The highest BCUT2D eigenvalue weighted by Gasteiger charge is 2.10. The smallest absolute Gasteiger partial charge is 0.174 e. The van der Waals surface area contributed by atoms with Gasteiger partial charge in [-0.25, -0.2) is 0 Å². The molecule has 0 aromatic heterocycles. The lowest BCUT2D eigenvalue weighted by atomic mass is 10.2. The lowest BCUT2D eigenvalue weighted by Crippen LogP contribution is -2.16. The van der Waals surface area contributed by atoms with E-state index in [0.29, 0.717) is 11.3 Å². The zero-order valence-corrected chi connectivity index (χ0v) is 5.63. The first-order valence-electron chi connectivity index (χ1n) is 3.17. The average molecular weight is 150 g/mol. The van der Waals surface area contributed by atoms with E-state index in [1.54, 1.807) is 18.2 Å². The summed E-state index contributed by atoms with van der Waals surface area (Å²) in [6.45, 7) is 0. The van der Waals surface area contributed by atoms with E-state index in [1.165, 1.54) is 0 Å². The van der Waals surface area contributed by atoms with Crippen LogP contribution < -0.4 is 15.9 Å². The maximum atomic E-state index is 10.3. The minimum atomic E-state index is 0.628. The summed E-state index contributed by atoms with van der Waals surface area (Å²) in [5.41, 5.74) is 6.63. The number of carbonyl (C=O) groups excluding carboxylic acids is 1. The number of hydrogen-bond acceptors (Lipinski definition) is 4. The van der Waals surface area contributed by atoms with Gasteiger partial charge in [0.05, 0.1) is 5.69 Å². The van der Waals surface area contributed by atoms with Gasteiger partial charge in [-0.2, -0.15) is 0 Å². The van der Waals surface area contributed by atoms with E-state index >= 15 is 0 Å². The van der Waals surface area contributed by atoms with E-state index in [4.69, 9.17) is 4.84 Å². The Labute approximate surface area is 63.1 Å². The largest absolute Gasteiger partial charge is 0.387 e. The summed E-state index contributed by atoms with van der Waals surface area (Å²) >= 11 is 0. The van der Waals surface area contributed by atoms with Crippen molar-refractivity contribution in [2.24, 2.45) is 0 Å². The summed E-state index contributed by atoms with van der Waals surface area (Å²) in [6, 6.07) is 5.13. The summed E-state index contributed by atoms with van der Waals surface area (Å²) in [7, 11) is 0. The van der Waals surface area contributed by atoms with Crippen LogP contribution in [0.2, 0.25) is 0 Å². The molecule has 4 heteroatoms. The molecule has 0 aliphatic carbocycles. The Morgan fingerprint density at radius 2 is 2.36 bits per heavy atom. The molecule has 1 aliphatic heterocycles. The first-order chi connectivity index (χ1) is 5.40. The van der Waals surface area contributed by atoms with Crippen LogP contribution in [0.5, 0.6) is 5.75 Å². The van der Waals surface area contributed by atoms with E-state index < -0.39 is 0 Å². The molecule has 0 saturated heterocycles. The molecule has 1 aromatic rings. The minimum absolute atomic E-state index is 0.628. The van der Waals surface area contributed by atoms with E-state index in [0.717, 1.165) is 12.0 Å². The molecule has 0 unspecified atom stereocenters. The van der Waals surface area contributed by atoms with Crippen LogP contribution >= 0.6 is 0 Å². The summed E-state index contributed by atoms with van der Waals surface area (Å²) in [4.78, 5) is 15.2. The summed E-state index contributed by atoms with van der Waals surface area (Å²) in [5, 5.41) is 0. The van der Waals surface area contributed by atoms with Crippen molar-refractivity contribution in [3.8, 4) is 5.75 Å². The number of nitrogens with one attached hydrogen (secondary N) is 2. The van der Waals surface area contributed by atoms with Gasteiger partial charge in [0.15, 0.2) is 5.75 Å². The lowest BCUT2D eigenvalue weighted by molar-refractivity contribution is 0.112. The van der Waals surface area contributed by atoms with E-state index in [-0.39, 0.29) is 0 Å². The van der Waals surface area contributed by atoms with Crippen molar-refractivity contribution in [2.75, 3.05) is 5.43 Å². The second kappa shape index (κ2) is 2.25. The standard InChI is InChI=1S/C7H6N2O2/c10-4-5-1-2-7-6(3-5)8-9-11-7/h1-4,8-9H. The molecule has 1 heterocycles. The van der Waals surface area contributed by atoms with Crippen LogP contribution in [0.1, 0.15) is 10.4 Å². The monoisotopic (exact) mass is 150 g/mol. The van der Waals surface area contributed by atoms with Crippen molar-refractivity contribution in [1.29, 1.82) is 0 Å². The quantitative estimate of drug-likeness (QED) is 0.579. The Morgan fingerprint density at radius 3 is 3.18 bits per heavy atom. The molecule has 2 N–H and O–H groups in total. The van der Waals surface area contributed by atoms with E-state index in [9.17, 15) is 4.79 Å². The highest BCUT2D eigenvalue weighted by atomic mass is 16.7. The molecule has 0 saturated carbocycles. The number of fused-ring (bicyclic) bond motifs is 1. The molecule has 0 fully saturated rings. The third-order valence-corrected chi connectivity index (χ3v) is 1.49. The Bertz CT molecular complexity index is 298. The molecule has 11 heavy (non-hydrogen) atoms. The maximum Gasteiger partial charge on any atom is 0.174 e. The van der Waals surface area contributed by atoms with Crippen LogP contribution in [0.25, 0.3) is 0 Å². The van der Waals surface area contributed by atoms with Gasteiger partial charge in [-0.05, 0) is 18.2 Å². The zero-order chi connectivity index (χ0) is 7.68. The Balaban J connectivity index is 2.48. The van der Waals surface area contributed by atoms with Crippen LogP contribution in [-0.4, -0.2) is 6.29 Å². The van der Waals surface area contributed by atoms with E-state index in [1.807, 2.05) is 0 Å². The molecule has 0 bridgehead atoms. The number of carbonyl (C=O) groups is 1. The van der Waals surface area contributed by atoms with Crippen LogP contribution in [0.3, 0.4) is 0 Å². The topological polar surface area (TPSA) is 50.4 Å². The Morgan fingerprint density at radius 1 is 1.45 bits per heavy atom. The normalized spacial score (nSPS) is 13.1. The van der Waals surface area contributed by atoms with Crippen molar-refractivity contribution in [1.82, 2.24) is 5.59 Å². The molecule has 4 nitrogen and oxygen atoms in total. The summed E-state index contributed by atoms with van der Waals surface area (Å²) in [6.07, 6.45) is 0.792. The molecule has 0 amide bonds. The molecule has 1 aromatic carbocycles. The number of anilines is 1. The Hall–Kier alpha value is -1.55. The van der Waals surface area contributed by atoms with Crippen molar-refractivity contribution >= 4 is 12.0 Å². The molecule has 0 atom stereocenters. The first kappa shape index (κ1) is 6.18. The molecule has 0 spiro atoms. The van der Waals surface area contributed by atoms with Crippen molar-refractivity contribution in [3.05, 3.63) is 23.8 Å². The fourth-order valence-electron chi connectivity index (χ4n) is 0.943. The van der Waals surface area contributed by atoms with Crippen molar-refractivity contribution in [2.45, 2.75) is 0 Å². The highest BCUT2D eigenvalue weighted by Crippen LogP contribution is 2.26. The number of rotatable bonds is 1. The van der Waals surface area contributed by atoms with Crippen molar-refractivity contribution < 1.29 is 9.63 Å². The predicted octanol–water partition coefficient (Wildman–Crippen LogP) is 0.723.